The molecule has 4 rings (SSSR count). The van der Waals surface area contributed by atoms with E-state index in [-0.39, 0.29) is 38.8 Å². The third-order valence-corrected chi connectivity index (χ3v) is 11.1. The first kappa shape index (κ1) is 59.2. The number of carbonyl (C=O) groups is 5. The van der Waals surface area contributed by atoms with Crippen LogP contribution in [0.15, 0.2) is 0 Å². The van der Waals surface area contributed by atoms with Gasteiger partial charge < -0.3 is 89.3 Å². The van der Waals surface area contributed by atoms with E-state index < -0.39 is 144 Å². The summed E-state index contributed by atoms with van der Waals surface area (Å²) >= 11 is 0. The number of aliphatic hydroxyl groups is 3. The van der Waals surface area contributed by atoms with E-state index >= 15 is 0 Å². The number of aliphatic hydroxyl groups excluding tert-OH is 3. The van der Waals surface area contributed by atoms with Gasteiger partial charge in [0.05, 0.1) is 42.9 Å². The Labute approximate surface area is 416 Å². The number of nitrogens with one attached hydrogen (secondary N) is 5. The second-order valence-corrected chi connectivity index (χ2v) is 22.7. The summed E-state index contributed by atoms with van der Waals surface area (Å²) in [6.07, 6.45) is -16.9. The smallest absolute Gasteiger partial charge is 0.408 e. The Hall–Kier alpha value is -4.32. The molecule has 71 heavy (non-hydrogen) atoms. The monoisotopic (exact) mass is 1020 g/mol. The molecule has 3 aliphatic heterocycles. The van der Waals surface area contributed by atoms with Gasteiger partial charge in [0.1, 0.15) is 65.1 Å². The van der Waals surface area contributed by atoms with Crippen molar-refractivity contribution in [1.29, 1.82) is 5.26 Å². The fourth-order valence-corrected chi connectivity index (χ4v) is 8.24. The van der Waals surface area contributed by atoms with Crippen molar-refractivity contribution in [3.63, 3.8) is 0 Å². The third-order valence-electron chi connectivity index (χ3n) is 11.1. The molecular formula is C47H80N6O18. The number of carbonyl (C=O) groups excluding carboxylic acids is 5. The van der Waals surface area contributed by atoms with E-state index in [0.29, 0.717) is 12.8 Å². The van der Waals surface area contributed by atoms with Crippen molar-refractivity contribution in [3.8, 4) is 6.07 Å². The second-order valence-electron chi connectivity index (χ2n) is 22.7. The highest BCUT2D eigenvalue weighted by atomic mass is 16.8. The first-order valence-electron chi connectivity index (χ1n) is 24.2. The molecule has 0 aromatic carbocycles. The lowest BCUT2D eigenvalue weighted by molar-refractivity contribution is -0.376. The molecule has 406 valence electrons. The summed E-state index contributed by atoms with van der Waals surface area (Å²) in [5.74, 6) is -2.14. The topological polar surface area (TPSA) is 322 Å². The maximum Gasteiger partial charge on any atom is 0.408 e. The quantitative estimate of drug-likeness (QED) is 0.116. The zero-order chi connectivity index (χ0) is 53.4. The molecule has 4 aliphatic rings. The van der Waals surface area contributed by atoms with E-state index in [1.807, 2.05) is 0 Å². The van der Waals surface area contributed by atoms with Gasteiger partial charge >= 0.3 is 24.4 Å². The minimum absolute atomic E-state index is 0.0979. The van der Waals surface area contributed by atoms with Gasteiger partial charge in [-0.2, -0.15) is 5.26 Å². The minimum atomic E-state index is -1.88. The van der Waals surface area contributed by atoms with Gasteiger partial charge in [-0.05, 0) is 129 Å². The predicted molar refractivity (Wildman–Crippen MR) is 249 cm³/mol. The number of hydrogen-bond acceptors (Lipinski definition) is 19. The average Bonchev–Trinajstić information content (AvgIpc) is 3.19. The van der Waals surface area contributed by atoms with Crippen LogP contribution in [0.1, 0.15) is 135 Å². The Morgan fingerprint density at radius 3 is 1.75 bits per heavy atom. The molecule has 24 heteroatoms. The SMILES string of the molecule is CC(C)(C)OC(=O)NCC[C@H](O)C(=O)N[C@@H]1C[C@@H](NC(=O)OC(C)(C)C)C(O[C@H]2OC(CCC#N)CCC2NC(=O)OC(C)(C)C)C(O)[C@H]1O[C@H]1OC2COC(C)(C)O[C@H]2[C@H](NC(=O)OC(C)(C)C)C1O. The number of alkyl carbamates (subject to hydrolysis) is 4. The molecule has 1 aliphatic carbocycles. The Morgan fingerprint density at radius 2 is 1.20 bits per heavy atom. The lowest BCUT2D eigenvalue weighted by atomic mass is 9.83. The fraction of sp³-hybridized carbons (Fsp3) is 0.872. The second kappa shape index (κ2) is 24.1. The van der Waals surface area contributed by atoms with Crippen LogP contribution in [0, 0.1) is 11.3 Å². The lowest BCUT2D eigenvalue weighted by Gasteiger charge is -2.52. The molecule has 24 nitrogen and oxygen atoms in total. The third kappa shape index (κ3) is 19.2. The largest absolute Gasteiger partial charge is 0.444 e. The highest BCUT2D eigenvalue weighted by Crippen LogP contribution is 2.37. The highest BCUT2D eigenvalue weighted by molar-refractivity contribution is 5.81. The van der Waals surface area contributed by atoms with Crippen LogP contribution in [0.2, 0.25) is 0 Å². The normalized spacial score (nSPS) is 31.5. The van der Waals surface area contributed by atoms with Crippen LogP contribution in [-0.2, 0) is 52.2 Å². The van der Waals surface area contributed by atoms with Crippen LogP contribution in [0.3, 0.4) is 0 Å². The highest BCUT2D eigenvalue weighted by Gasteiger charge is 2.56. The summed E-state index contributed by atoms with van der Waals surface area (Å²) < 4.78 is 59.7. The van der Waals surface area contributed by atoms with Crippen LogP contribution in [0.5, 0.6) is 0 Å². The molecule has 3 saturated heterocycles. The standard InChI is InChI=1S/C47H80N6O18/c1-43(2,3)68-39(58)49-21-19-28(54)36(57)50-26-22-27(52-41(60)70-45(7,8)9)34(65-37-25(51-40(59)69-44(4,5)6)18-17-24(63-37)16-15-20-48)32(56)33(26)66-38-31(55)30(53-42(61)71-46(10,11)12)35-29(64-38)23-62-47(13,14)67-35/h24-35,37-38,54-56H,15-19,21-23H2,1-14H3,(H,49,58)(H,50,57)(H,51,59)(H,52,60)(H,53,61)/t24?,25?,26-,27-,28+,29?,30-,31?,32?,33+,34?,35-,37-,38-/m1/s1. The molecule has 3 heterocycles. The first-order valence-corrected chi connectivity index (χ1v) is 24.2. The summed E-state index contributed by atoms with van der Waals surface area (Å²) in [7, 11) is 0. The lowest BCUT2D eigenvalue weighted by Crippen LogP contribution is -2.72. The van der Waals surface area contributed by atoms with Gasteiger partial charge in [0.2, 0.25) is 5.91 Å². The van der Waals surface area contributed by atoms with Crippen molar-refractivity contribution in [3.05, 3.63) is 0 Å². The van der Waals surface area contributed by atoms with Gasteiger partial charge in [-0.1, -0.05) is 0 Å². The number of rotatable bonds is 14. The van der Waals surface area contributed by atoms with Crippen molar-refractivity contribution in [1.82, 2.24) is 26.6 Å². The Kier molecular flexibility index (Phi) is 20.1. The first-order chi connectivity index (χ1) is 32.6. The van der Waals surface area contributed by atoms with Crippen molar-refractivity contribution < 1.29 is 86.7 Å². The molecule has 0 spiro atoms. The van der Waals surface area contributed by atoms with E-state index in [1.54, 1.807) is 96.9 Å². The summed E-state index contributed by atoms with van der Waals surface area (Å²) in [6, 6.07) is -2.64. The van der Waals surface area contributed by atoms with Crippen LogP contribution in [0.25, 0.3) is 0 Å². The molecule has 0 aromatic rings. The number of fused-ring (bicyclic) bond motifs is 1. The van der Waals surface area contributed by atoms with Gasteiger partial charge in [0, 0.05) is 13.0 Å². The van der Waals surface area contributed by atoms with Crippen LogP contribution >= 0.6 is 0 Å². The molecule has 0 aromatic heterocycles. The molecular weight excluding hydrogens is 937 g/mol. The number of hydrogen-bond donors (Lipinski definition) is 8. The number of nitriles is 1. The molecule has 14 atom stereocenters. The summed E-state index contributed by atoms with van der Waals surface area (Å²) in [4.78, 5) is 66.2. The van der Waals surface area contributed by atoms with E-state index in [4.69, 9.17) is 47.4 Å². The van der Waals surface area contributed by atoms with Crippen molar-refractivity contribution in [2.24, 2.45) is 0 Å². The Bertz CT molecular complexity index is 1860. The molecule has 4 fully saturated rings. The molecule has 5 amide bonds. The molecule has 1 saturated carbocycles. The van der Waals surface area contributed by atoms with Crippen LogP contribution in [0.4, 0.5) is 19.2 Å². The maximum absolute atomic E-state index is 13.9. The Morgan fingerprint density at radius 1 is 0.690 bits per heavy atom. The van der Waals surface area contributed by atoms with E-state index in [2.05, 4.69) is 32.7 Å². The molecule has 8 N–H and O–H groups in total. The molecule has 6 unspecified atom stereocenters. The number of amides is 5. The fourth-order valence-electron chi connectivity index (χ4n) is 8.24. The van der Waals surface area contributed by atoms with Crippen LogP contribution < -0.4 is 26.6 Å². The average molecular weight is 1020 g/mol. The summed E-state index contributed by atoms with van der Waals surface area (Å²) in [5.41, 5.74) is -3.61. The van der Waals surface area contributed by atoms with Gasteiger partial charge in [-0.25, -0.2) is 19.2 Å². The van der Waals surface area contributed by atoms with E-state index in [0.717, 1.165) is 0 Å². The molecule has 0 radical (unpaired) electrons. The summed E-state index contributed by atoms with van der Waals surface area (Å²) in [5, 5.41) is 58.6. The zero-order valence-electron chi connectivity index (χ0n) is 43.7. The predicted octanol–water partition coefficient (Wildman–Crippen LogP) is 3.01. The summed E-state index contributed by atoms with van der Waals surface area (Å²) in [6.45, 7) is 23.0. The van der Waals surface area contributed by atoms with Crippen molar-refractivity contribution in [2.75, 3.05) is 13.2 Å². The molecule has 0 bridgehead atoms. The Balaban J connectivity index is 1.76. The zero-order valence-corrected chi connectivity index (χ0v) is 43.7. The number of nitrogens with zero attached hydrogens (tertiary/aromatic N) is 1. The van der Waals surface area contributed by atoms with Crippen molar-refractivity contribution in [2.45, 2.75) is 249 Å². The van der Waals surface area contributed by atoms with Gasteiger partial charge in [0.15, 0.2) is 18.4 Å². The maximum atomic E-state index is 13.9. The van der Waals surface area contributed by atoms with E-state index in [1.165, 1.54) is 0 Å². The minimum Gasteiger partial charge on any atom is -0.444 e. The number of ether oxygens (including phenoxy) is 10. The van der Waals surface area contributed by atoms with Crippen LogP contribution in [-0.4, -0.2) is 173 Å². The van der Waals surface area contributed by atoms with Gasteiger partial charge in [0.25, 0.3) is 0 Å². The van der Waals surface area contributed by atoms with Gasteiger partial charge in [-0.15, -0.1) is 0 Å². The van der Waals surface area contributed by atoms with Crippen molar-refractivity contribution >= 4 is 30.3 Å². The van der Waals surface area contributed by atoms with Gasteiger partial charge in [-0.3, -0.25) is 4.79 Å². The van der Waals surface area contributed by atoms with E-state index in [9.17, 15) is 44.6 Å².